The van der Waals surface area contributed by atoms with Crippen LogP contribution < -0.4 is 10.2 Å². The molecule has 4 nitrogen and oxygen atoms in total. The van der Waals surface area contributed by atoms with E-state index in [9.17, 15) is 22.4 Å². The standard InChI is InChI=1S/C23H27F4N3O/c1-14-5-10-18-19(11-17(24)21(28-18)29-20(31)12-22(2,3)4)30(14)13-15-6-8-16(9-7-15)23(25,26)27/h6-9,11,14H,5,10,12-13H2,1-4H3,(H,28,29,31)/t14-/m0/s1. The first kappa shape index (κ1) is 23.0. The number of carbonyl (C=O) groups excluding carboxylic acids is 1. The van der Waals surface area contributed by atoms with Gasteiger partial charge in [-0.15, -0.1) is 0 Å². The molecule has 1 amide bonds. The van der Waals surface area contributed by atoms with Crippen molar-refractivity contribution in [3.05, 3.63) is 53.0 Å². The van der Waals surface area contributed by atoms with Gasteiger partial charge in [0.1, 0.15) is 0 Å². The first-order chi connectivity index (χ1) is 14.3. The molecular formula is C23H27F4N3O. The summed E-state index contributed by atoms with van der Waals surface area (Å²) in [6.45, 7) is 8.09. The summed E-state index contributed by atoms with van der Waals surface area (Å²) in [5, 5.41) is 2.56. The van der Waals surface area contributed by atoms with E-state index in [1.807, 2.05) is 32.6 Å². The second-order valence-corrected chi connectivity index (χ2v) is 9.28. The van der Waals surface area contributed by atoms with Gasteiger partial charge in [0.2, 0.25) is 5.91 Å². The van der Waals surface area contributed by atoms with E-state index in [0.717, 1.165) is 18.6 Å². The number of nitrogens with one attached hydrogen (secondary N) is 1. The van der Waals surface area contributed by atoms with Crippen molar-refractivity contribution in [3.63, 3.8) is 0 Å². The maximum absolute atomic E-state index is 14.8. The van der Waals surface area contributed by atoms with Crippen LogP contribution in [0.4, 0.5) is 29.1 Å². The third-order valence-corrected chi connectivity index (χ3v) is 5.26. The van der Waals surface area contributed by atoms with Crippen molar-refractivity contribution in [3.8, 4) is 0 Å². The highest BCUT2D eigenvalue weighted by atomic mass is 19.4. The Morgan fingerprint density at radius 2 is 1.84 bits per heavy atom. The molecular weight excluding hydrogens is 410 g/mol. The number of hydrogen-bond acceptors (Lipinski definition) is 3. The molecule has 0 bridgehead atoms. The molecule has 1 aromatic carbocycles. The molecule has 0 unspecified atom stereocenters. The molecule has 0 aliphatic carbocycles. The molecule has 2 aromatic rings. The third kappa shape index (κ3) is 5.74. The molecule has 0 radical (unpaired) electrons. The fourth-order valence-electron chi connectivity index (χ4n) is 3.67. The predicted octanol–water partition coefficient (Wildman–Crippen LogP) is 5.96. The molecule has 0 saturated carbocycles. The number of aromatic nitrogens is 1. The van der Waals surface area contributed by atoms with Gasteiger partial charge >= 0.3 is 6.18 Å². The Hall–Kier alpha value is -2.64. The van der Waals surface area contributed by atoms with Gasteiger partial charge in [0.05, 0.1) is 16.9 Å². The van der Waals surface area contributed by atoms with E-state index < -0.39 is 17.6 Å². The van der Waals surface area contributed by atoms with E-state index in [4.69, 9.17) is 0 Å². The maximum atomic E-state index is 14.8. The number of anilines is 2. The van der Waals surface area contributed by atoms with Crippen LogP contribution in [0.15, 0.2) is 30.3 Å². The van der Waals surface area contributed by atoms with Crippen LogP contribution in [0.2, 0.25) is 0 Å². The summed E-state index contributed by atoms with van der Waals surface area (Å²) in [6.07, 6.45) is -2.75. The number of hydrogen-bond donors (Lipinski definition) is 1. The van der Waals surface area contributed by atoms with Crippen molar-refractivity contribution >= 4 is 17.4 Å². The van der Waals surface area contributed by atoms with E-state index in [1.54, 1.807) is 0 Å². The molecule has 2 heterocycles. The molecule has 0 saturated heterocycles. The molecule has 8 heteroatoms. The first-order valence-corrected chi connectivity index (χ1v) is 10.3. The van der Waals surface area contributed by atoms with E-state index >= 15 is 0 Å². The third-order valence-electron chi connectivity index (χ3n) is 5.26. The minimum Gasteiger partial charge on any atom is -0.363 e. The molecule has 1 N–H and O–H groups in total. The highest BCUT2D eigenvalue weighted by molar-refractivity contribution is 5.90. The molecule has 1 aliphatic rings. The smallest absolute Gasteiger partial charge is 0.363 e. The first-order valence-electron chi connectivity index (χ1n) is 10.3. The topological polar surface area (TPSA) is 45.2 Å². The normalized spacial score (nSPS) is 16.8. The van der Waals surface area contributed by atoms with Crippen molar-refractivity contribution in [2.45, 2.75) is 65.7 Å². The van der Waals surface area contributed by atoms with Crippen LogP contribution in [-0.2, 0) is 23.9 Å². The van der Waals surface area contributed by atoms with Crippen molar-refractivity contribution in [1.29, 1.82) is 0 Å². The summed E-state index contributed by atoms with van der Waals surface area (Å²) in [5.74, 6) is -1.02. The Morgan fingerprint density at radius 3 is 2.42 bits per heavy atom. The lowest BCUT2D eigenvalue weighted by molar-refractivity contribution is -0.137. The molecule has 0 fully saturated rings. The van der Waals surface area contributed by atoms with Crippen LogP contribution in [0.3, 0.4) is 0 Å². The monoisotopic (exact) mass is 437 g/mol. The lowest BCUT2D eigenvalue weighted by Gasteiger charge is -2.37. The summed E-state index contributed by atoms with van der Waals surface area (Å²) >= 11 is 0. The van der Waals surface area contributed by atoms with Gasteiger partial charge in [-0.05, 0) is 42.9 Å². The summed E-state index contributed by atoms with van der Waals surface area (Å²) in [6, 6.07) is 6.41. The lowest BCUT2D eigenvalue weighted by atomic mass is 9.92. The van der Waals surface area contributed by atoms with Crippen molar-refractivity contribution in [2.75, 3.05) is 10.2 Å². The highest BCUT2D eigenvalue weighted by Crippen LogP contribution is 2.34. The predicted molar refractivity (Wildman–Crippen MR) is 112 cm³/mol. The molecule has 0 spiro atoms. The number of amides is 1. The molecule has 3 rings (SSSR count). The van der Waals surface area contributed by atoms with Gasteiger partial charge in [0.25, 0.3) is 0 Å². The number of alkyl halides is 3. The highest BCUT2D eigenvalue weighted by Gasteiger charge is 2.31. The Kier molecular flexibility index (Phi) is 6.30. The molecule has 168 valence electrons. The number of aryl methyl sites for hydroxylation is 1. The molecule has 1 atom stereocenters. The summed E-state index contributed by atoms with van der Waals surface area (Å²) in [7, 11) is 0. The Labute approximate surface area is 179 Å². The van der Waals surface area contributed by atoms with Gasteiger partial charge < -0.3 is 10.2 Å². The van der Waals surface area contributed by atoms with E-state index in [0.29, 0.717) is 29.9 Å². The molecule has 31 heavy (non-hydrogen) atoms. The van der Waals surface area contributed by atoms with Gasteiger partial charge in [-0.25, -0.2) is 9.37 Å². The average Bonchev–Trinajstić information content (AvgIpc) is 2.63. The zero-order valence-electron chi connectivity index (χ0n) is 18.1. The van der Waals surface area contributed by atoms with Crippen LogP contribution in [0, 0.1) is 11.2 Å². The Morgan fingerprint density at radius 1 is 1.19 bits per heavy atom. The molecule has 1 aromatic heterocycles. The fraction of sp³-hybridized carbons (Fsp3) is 0.478. The van der Waals surface area contributed by atoms with E-state index in [1.165, 1.54) is 18.2 Å². The number of nitrogens with zero attached hydrogens (tertiary/aromatic N) is 2. The minimum atomic E-state index is -4.38. The minimum absolute atomic E-state index is 0.0670. The zero-order chi connectivity index (χ0) is 23.0. The van der Waals surface area contributed by atoms with Crippen molar-refractivity contribution < 1.29 is 22.4 Å². The summed E-state index contributed by atoms with van der Waals surface area (Å²) in [4.78, 5) is 18.5. The number of pyridine rings is 1. The van der Waals surface area contributed by atoms with Crippen molar-refractivity contribution in [2.24, 2.45) is 5.41 Å². The number of fused-ring (bicyclic) bond motifs is 1. The number of rotatable bonds is 4. The largest absolute Gasteiger partial charge is 0.416 e. The van der Waals surface area contributed by atoms with Crippen LogP contribution in [0.1, 0.15) is 57.4 Å². The van der Waals surface area contributed by atoms with Gasteiger partial charge in [-0.3, -0.25) is 4.79 Å². The summed E-state index contributed by atoms with van der Waals surface area (Å²) in [5.41, 5.74) is 1.02. The van der Waals surface area contributed by atoms with Gasteiger partial charge in [0, 0.05) is 25.1 Å². The zero-order valence-corrected chi connectivity index (χ0v) is 18.1. The van der Waals surface area contributed by atoms with Crippen LogP contribution in [0.25, 0.3) is 0 Å². The van der Waals surface area contributed by atoms with Crippen LogP contribution in [0.5, 0.6) is 0 Å². The Balaban J connectivity index is 1.83. The Bertz CT molecular complexity index is 949. The van der Waals surface area contributed by atoms with Crippen LogP contribution in [-0.4, -0.2) is 16.9 Å². The molecule has 1 aliphatic heterocycles. The van der Waals surface area contributed by atoms with Crippen molar-refractivity contribution in [1.82, 2.24) is 4.98 Å². The van der Waals surface area contributed by atoms with Crippen LogP contribution >= 0.6 is 0 Å². The second kappa shape index (κ2) is 8.48. The number of benzene rings is 1. The number of halogens is 4. The fourth-order valence-corrected chi connectivity index (χ4v) is 3.67. The van der Waals surface area contributed by atoms with Gasteiger partial charge in [0.15, 0.2) is 11.6 Å². The number of carbonyl (C=O) groups is 1. The summed E-state index contributed by atoms with van der Waals surface area (Å²) < 4.78 is 53.2. The van der Waals surface area contributed by atoms with Gasteiger partial charge in [-0.1, -0.05) is 32.9 Å². The lowest BCUT2D eigenvalue weighted by Crippen LogP contribution is -2.37. The average molecular weight is 437 g/mol. The quantitative estimate of drug-likeness (QED) is 0.601. The van der Waals surface area contributed by atoms with Gasteiger partial charge in [-0.2, -0.15) is 13.2 Å². The van der Waals surface area contributed by atoms with E-state index in [2.05, 4.69) is 10.3 Å². The van der Waals surface area contributed by atoms with E-state index in [-0.39, 0.29) is 29.6 Å². The SMILES string of the molecule is C[C@H]1CCc2nc(NC(=O)CC(C)(C)C)c(F)cc2N1Cc1ccc(C(F)(F)F)cc1. The second-order valence-electron chi connectivity index (χ2n) is 9.28. The maximum Gasteiger partial charge on any atom is 0.416 e.